The highest BCUT2D eigenvalue weighted by atomic mass is 15.2. The minimum atomic E-state index is 0.599. The average Bonchev–Trinajstić information content (AvgIpc) is 2.12. The zero-order valence-electron chi connectivity index (χ0n) is 8.84. The maximum absolute atomic E-state index is 5.69. The molecule has 0 fully saturated rings. The molecule has 0 saturated heterocycles. The first-order valence-electron chi connectivity index (χ1n) is 5.24. The van der Waals surface area contributed by atoms with E-state index in [1.165, 1.54) is 25.8 Å². The minimum absolute atomic E-state index is 0.599. The number of rotatable bonds is 7. The lowest BCUT2D eigenvalue weighted by atomic mass is 10.1. The van der Waals surface area contributed by atoms with Crippen LogP contribution in [0.25, 0.3) is 0 Å². The van der Waals surface area contributed by atoms with Gasteiger partial charge in [-0.15, -0.1) is 0 Å². The molecule has 2 nitrogen and oxygen atoms in total. The van der Waals surface area contributed by atoms with Crippen LogP contribution in [0.15, 0.2) is 0 Å². The van der Waals surface area contributed by atoms with E-state index in [2.05, 4.69) is 25.7 Å². The van der Waals surface area contributed by atoms with Crippen LogP contribution in [0.1, 0.15) is 40.0 Å². The van der Waals surface area contributed by atoms with Gasteiger partial charge in [0.25, 0.3) is 0 Å². The van der Waals surface area contributed by atoms with E-state index >= 15 is 0 Å². The Hall–Kier alpha value is -0.0800. The van der Waals surface area contributed by atoms with Crippen LogP contribution < -0.4 is 5.73 Å². The average molecular weight is 172 g/mol. The highest BCUT2D eigenvalue weighted by Crippen LogP contribution is 2.04. The van der Waals surface area contributed by atoms with Crippen molar-refractivity contribution in [2.24, 2.45) is 5.73 Å². The van der Waals surface area contributed by atoms with Crippen LogP contribution in [-0.4, -0.2) is 30.6 Å². The van der Waals surface area contributed by atoms with Gasteiger partial charge < -0.3 is 5.73 Å². The number of hydrogen-bond donors (Lipinski definition) is 1. The smallest absolute Gasteiger partial charge is 0.0215 e. The van der Waals surface area contributed by atoms with Gasteiger partial charge in [0.1, 0.15) is 0 Å². The molecule has 2 heteroatoms. The van der Waals surface area contributed by atoms with Crippen molar-refractivity contribution in [1.82, 2.24) is 4.90 Å². The number of nitrogens with zero attached hydrogens (tertiary/aromatic N) is 1. The molecule has 2 N–H and O–H groups in total. The molecule has 0 aromatic heterocycles. The van der Waals surface area contributed by atoms with Gasteiger partial charge in [0.2, 0.25) is 0 Å². The summed E-state index contributed by atoms with van der Waals surface area (Å²) in [6.07, 6.45) is 3.75. The molecule has 0 heterocycles. The van der Waals surface area contributed by atoms with Gasteiger partial charge >= 0.3 is 0 Å². The molecule has 0 rings (SSSR count). The summed E-state index contributed by atoms with van der Waals surface area (Å²) in [4.78, 5) is 2.49. The van der Waals surface area contributed by atoms with E-state index < -0.39 is 0 Å². The molecule has 0 radical (unpaired) electrons. The van der Waals surface area contributed by atoms with E-state index in [0.717, 1.165) is 13.1 Å². The SMILES string of the molecule is CCCCN(CC)C(CC)CN. The minimum Gasteiger partial charge on any atom is -0.329 e. The molecular weight excluding hydrogens is 148 g/mol. The van der Waals surface area contributed by atoms with Gasteiger partial charge in [0.15, 0.2) is 0 Å². The van der Waals surface area contributed by atoms with E-state index in [-0.39, 0.29) is 0 Å². The van der Waals surface area contributed by atoms with E-state index in [1.54, 1.807) is 0 Å². The second kappa shape index (κ2) is 7.56. The molecule has 74 valence electrons. The molecule has 0 aliphatic heterocycles. The lowest BCUT2D eigenvalue weighted by molar-refractivity contribution is 0.202. The van der Waals surface area contributed by atoms with Crippen molar-refractivity contribution in [2.75, 3.05) is 19.6 Å². The number of hydrogen-bond acceptors (Lipinski definition) is 2. The molecule has 0 aromatic rings. The summed E-state index contributed by atoms with van der Waals surface area (Å²) in [5.41, 5.74) is 5.69. The maximum atomic E-state index is 5.69. The van der Waals surface area contributed by atoms with Gasteiger partial charge in [0.05, 0.1) is 0 Å². The molecule has 0 aromatic carbocycles. The first-order valence-corrected chi connectivity index (χ1v) is 5.24. The van der Waals surface area contributed by atoms with Crippen LogP contribution in [0, 0.1) is 0 Å². The van der Waals surface area contributed by atoms with E-state index in [0.29, 0.717) is 6.04 Å². The predicted molar refractivity (Wildman–Crippen MR) is 55.3 cm³/mol. The van der Waals surface area contributed by atoms with Gasteiger partial charge in [-0.3, -0.25) is 4.90 Å². The third-order valence-corrected chi connectivity index (χ3v) is 2.46. The number of nitrogens with two attached hydrogens (primary N) is 1. The van der Waals surface area contributed by atoms with Crippen LogP contribution in [-0.2, 0) is 0 Å². The van der Waals surface area contributed by atoms with Crippen LogP contribution in [0.2, 0.25) is 0 Å². The molecule has 1 unspecified atom stereocenters. The number of unbranched alkanes of at least 4 members (excludes halogenated alkanes) is 1. The van der Waals surface area contributed by atoms with Gasteiger partial charge in [-0.25, -0.2) is 0 Å². The van der Waals surface area contributed by atoms with Crippen LogP contribution in [0.3, 0.4) is 0 Å². The summed E-state index contributed by atoms with van der Waals surface area (Å²) >= 11 is 0. The van der Waals surface area contributed by atoms with Gasteiger partial charge in [-0.2, -0.15) is 0 Å². The molecule has 1 atom stereocenters. The lowest BCUT2D eigenvalue weighted by Gasteiger charge is -2.28. The Kier molecular flexibility index (Phi) is 7.51. The topological polar surface area (TPSA) is 29.3 Å². The van der Waals surface area contributed by atoms with Crippen molar-refractivity contribution >= 4 is 0 Å². The van der Waals surface area contributed by atoms with Crippen molar-refractivity contribution in [1.29, 1.82) is 0 Å². The first-order chi connectivity index (χ1) is 5.79. The van der Waals surface area contributed by atoms with E-state index in [1.807, 2.05) is 0 Å². The van der Waals surface area contributed by atoms with Crippen LogP contribution in [0.5, 0.6) is 0 Å². The maximum Gasteiger partial charge on any atom is 0.0215 e. The molecule has 0 spiro atoms. The van der Waals surface area contributed by atoms with Gasteiger partial charge in [-0.1, -0.05) is 27.2 Å². The summed E-state index contributed by atoms with van der Waals surface area (Å²) in [6, 6.07) is 0.599. The normalized spacial score (nSPS) is 13.8. The summed E-state index contributed by atoms with van der Waals surface area (Å²) in [6.45, 7) is 9.81. The highest BCUT2D eigenvalue weighted by molar-refractivity contribution is 4.69. The Morgan fingerprint density at radius 2 is 1.92 bits per heavy atom. The second-order valence-corrected chi connectivity index (χ2v) is 3.28. The monoisotopic (exact) mass is 172 g/mol. The molecule has 0 saturated carbocycles. The van der Waals surface area contributed by atoms with Crippen molar-refractivity contribution in [3.8, 4) is 0 Å². The predicted octanol–water partition coefficient (Wildman–Crippen LogP) is 1.85. The third-order valence-electron chi connectivity index (χ3n) is 2.46. The summed E-state index contributed by atoms with van der Waals surface area (Å²) in [5, 5.41) is 0. The third kappa shape index (κ3) is 4.07. The zero-order valence-corrected chi connectivity index (χ0v) is 8.84. The Morgan fingerprint density at radius 3 is 2.25 bits per heavy atom. The molecule has 0 bridgehead atoms. The largest absolute Gasteiger partial charge is 0.329 e. The van der Waals surface area contributed by atoms with Crippen molar-refractivity contribution in [2.45, 2.75) is 46.1 Å². The fraction of sp³-hybridized carbons (Fsp3) is 1.00. The molecule has 12 heavy (non-hydrogen) atoms. The molecule has 0 aliphatic rings. The van der Waals surface area contributed by atoms with Crippen LogP contribution >= 0.6 is 0 Å². The first kappa shape index (κ1) is 11.9. The fourth-order valence-electron chi connectivity index (χ4n) is 1.53. The van der Waals surface area contributed by atoms with E-state index in [9.17, 15) is 0 Å². The Morgan fingerprint density at radius 1 is 1.25 bits per heavy atom. The zero-order chi connectivity index (χ0) is 9.40. The van der Waals surface area contributed by atoms with Crippen molar-refractivity contribution < 1.29 is 0 Å². The Labute approximate surface area is 77.1 Å². The molecular formula is C10H24N2. The van der Waals surface area contributed by atoms with Crippen molar-refractivity contribution in [3.05, 3.63) is 0 Å². The van der Waals surface area contributed by atoms with Gasteiger partial charge in [-0.05, 0) is 25.9 Å². The molecule has 0 aliphatic carbocycles. The van der Waals surface area contributed by atoms with E-state index in [4.69, 9.17) is 5.73 Å². The summed E-state index contributed by atoms with van der Waals surface area (Å²) < 4.78 is 0. The van der Waals surface area contributed by atoms with Crippen molar-refractivity contribution in [3.63, 3.8) is 0 Å². The lowest BCUT2D eigenvalue weighted by Crippen LogP contribution is -2.40. The quantitative estimate of drug-likeness (QED) is 0.635. The Bertz CT molecular complexity index is 89.8. The van der Waals surface area contributed by atoms with Crippen LogP contribution in [0.4, 0.5) is 0 Å². The van der Waals surface area contributed by atoms with Gasteiger partial charge in [0, 0.05) is 12.6 Å². The second-order valence-electron chi connectivity index (χ2n) is 3.28. The Balaban J connectivity index is 3.75. The highest BCUT2D eigenvalue weighted by Gasteiger charge is 2.11. The fourth-order valence-corrected chi connectivity index (χ4v) is 1.53. The molecule has 0 amide bonds. The number of likely N-dealkylation sites (N-methyl/N-ethyl adjacent to an activating group) is 1. The summed E-state index contributed by atoms with van der Waals surface area (Å²) in [7, 11) is 0. The standard InChI is InChI=1S/C10H24N2/c1-4-7-8-12(6-3)10(5-2)9-11/h10H,4-9,11H2,1-3H3. The summed E-state index contributed by atoms with van der Waals surface area (Å²) in [5.74, 6) is 0.